The molecule has 2 aromatic rings. The lowest BCUT2D eigenvalue weighted by Crippen LogP contribution is -2.14. The molecule has 1 heterocycles. The Balaban J connectivity index is 2.31. The monoisotopic (exact) mass is 336 g/mol. The Morgan fingerprint density at radius 3 is 2.30 bits per heavy atom. The van der Waals surface area contributed by atoms with Gasteiger partial charge >= 0.3 is 0 Å². The summed E-state index contributed by atoms with van der Waals surface area (Å²) in [5.74, 6) is 0.585. The van der Waals surface area contributed by atoms with Gasteiger partial charge in [0, 0.05) is 0 Å². The molecule has 0 aliphatic carbocycles. The minimum absolute atomic E-state index is 0.316. The van der Waals surface area contributed by atoms with Gasteiger partial charge in [-0.05, 0) is 40.2 Å². The van der Waals surface area contributed by atoms with Gasteiger partial charge in [0.1, 0.15) is 21.7 Å². The zero-order valence-corrected chi connectivity index (χ0v) is 12.6. The maximum Gasteiger partial charge on any atom is 0.263 e. The van der Waals surface area contributed by atoms with Crippen LogP contribution >= 0.6 is 15.9 Å². The molecule has 1 aromatic heterocycles. The third kappa shape index (κ3) is 3.08. The van der Waals surface area contributed by atoms with E-state index in [0.29, 0.717) is 27.4 Å². The summed E-state index contributed by atoms with van der Waals surface area (Å²) in [4.78, 5) is 16.4. The molecule has 2 rings (SSSR count). The summed E-state index contributed by atoms with van der Waals surface area (Å²) in [6.07, 6.45) is 1.56. The normalized spacial score (nSPS) is 9.95. The molecule has 104 valence electrons. The molecule has 0 aliphatic rings. The summed E-state index contributed by atoms with van der Waals surface area (Å²) >= 11 is 3.24. The van der Waals surface area contributed by atoms with Crippen LogP contribution in [0, 0.1) is 0 Å². The van der Waals surface area contributed by atoms with Crippen molar-refractivity contribution in [2.45, 2.75) is 0 Å². The van der Waals surface area contributed by atoms with Crippen molar-refractivity contribution in [1.29, 1.82) is 0 Å². The first-order chi connectivity index (χ1) is 9.65. The number of carbonyl (C=O) groups is 1. The number of hydrogen-bond acceptors (Lipinski definition) is 4. The SMILES string of the molecule is COc1cccc(OC)c1C(=O)Nc1ccc(Br)nc1. The van der Waals surface area contributed by atoms with Gasteiger partial charge < -0.3 is 14.8 Å². The minimum atomic E-state index is -0.316. The number of anilines is 1. The summed E-state index contributed by atoms with van der Waals surface area (Å²) in [6.45, 7) is 0. The van der Waals surface area contributed by atoms with Crippen molar-refractivity contribution in [3.63, 3.8) is 0 Å². The third-order valence-electron chi connectivity index (χ3n) is 2.64. The molecule has 0 bridgehead atoms. The lowest BCUT2D eigenvalue weighted by Gasteiger charge is -2.12. The molecule has 0 saturated heterocycles. The second-order valence-electron chi connectivity index (χ2n) is 3.86. The predicted molar refractivity (Wildman–Crippen MR) is 79.4 cm³/mol. The van der Waals surface area contributed by atoms with E-state index in [4.69, 9.17) is 9.47 Å². The number of amides is 1. The second kappa shape index (κ2) is 6.38. The molecule has 0 aliphatic heterocycles. The van der Waals surface area contributed by atoms with Crippen LogP contribution in [0.2, 0.25) is 0 Å². The number of halogens is 1. The number of nitrogens with zero attached hydrogens (tertiary/aromatic N) is 1. The van der Waals surface area contributed by atoms with Crippen LogP contribution in [0.5, 0.6) is 11.5 Å². The van der Waals surface area contributed by atoms with Gasteiger partial charge in [-0.15, -0.1) is 0 Å². The van der Waals surface area contributed by atoms with E-state index in [-0.39, 0.29) is 5.91 Å². The van der Waals surface area contributed by atoms with E-state index in [1.807, 2.05) is 0 Å². The van der Waals surface area contributed by atoms with E-state index in [1.165, 1.54) is 14.2 Å². The first-order valence-corrected chi connectivity index (χ1v) is 6.59. The number of nitrogens with one attached hydrogen (secondary N) is 1. The fraction of sp³-hybridized carbons (Fsp3) is 0.143. The molecule has 0 saturated carbocycles. The van der Waals surface area contributed by atoms with Gasteiger partial charge in [-0.25, -0.2) is 4.98 Å². The van der Waals surface area contributed by atoms with Gasteiger partial charge in [0.05, 0.1) is 26.1 Å². The number of ether oxygens (including phenoxy) is 2. The standard InChI is InChI=1S/C14H13BrN2O3/c1-19-10-4-3-5-11(20-2)13(10)14(18)17-9-6-7-12(15)16-8-9/h3-8H,1-2H3,(H,17,18). The van der Waals surface area contributed by atoms with Crippen molar-refractivity contribution >= 4 is 27.5 Å². The molecule has 0 spiro atoms. The van der Waals surface area contributed by atoms with Gasteiger partial charge in [-0.1, -0.05) is 6.07 Å². The Bertz CT molecular complexity index is 592. The molecule has 0 unspecified atom stereocenters. The number of pyridine rings is 1. The van der Waals surface area contributed by atoms with Crippen molar-refractivity contribution < 1.29 is 14.3 Å². The van der Waals surface area contributed by atoms with Crippen LogP contribution in [0.25, 0.3) is 0 Å². The van der Waals surface area contributed by atoms with Crippen LogP contribution < -0.4 is 14.8 Å². The number of carbonyl (C=O) groups excluding carboxylic acids is 1. The molecule has 1 aromatic carbocycles. The quantitative estimate of drug-likeness (QED) is 0.871. The lowest BCUT2D eigenvalue weighted by molar-refractivity contribution is 0.102. The van der Waals surface area contributed by atoms with E-state index in [9.17, 15) is 4.79 Å². The molecule has 1 amide bonds. The van der Waals surface area contributed by atoms with E-state index in [2.05, 4.69) is 26.2 Å². The van der Waals surface area contributed by atoms with Crippen LogP contribution in [0.15, 0.2) is 41.1 Å². The van der Waals surface area contributed by atoms with Crippen LogP contribution in [-0.2, 0) is 0 Å². The van der Waals surface area contributed by atoms with Crippen LogP contribution in [-0.4, -0.2) is 25.1 Å². The Hall–Kier alpha value is -2.08. The fourth-order valence-electron chi connectivity index (χ4n) is 1.72. The van der Waals surface area contributed by atoms with Crippen molar-refractivity contribution in [1.82, 2.24) is 4.98 Å². The van der Waals surface area contributed by atoms with Gasteiger partial charge in [0.15, 0.2) is 0 Å². The first kappa shape index (κ1) is 14.3. The Kier molecular flexibility index (Phi) is 4.57. The molecule has 0 atom stereocenters. The van der Waals surface area contributed by atoms with Gasteiger partial charge in [-0.2, -0.15) is 0 Å². The number of benzene rings is 1. The number of aromatic nitrogens is 1. The maximum absolute atomic E-state index is 12.3. The Morgan fingerprint density at radius 1 is 1.15 bits per heavy atom. The van der Waals surface area contributed by atoms with Crippen molar-refractivity contribution in [3.05, 3.63) is 46.7 Å². The minimum Gasteiger partial charge on any atom is -0.496 e. The van der Waals surface area contributed by atoms with E-state index < -0.39 is 0 Å². The summed E-state index contributed by atoms with van der Waals surface area (Å²) in [7, 11) is 3.01. The largest absolute Gasteiger partial charge is 0.496 e. The number of rotatable bonds is 4. The molecule has 20 heavy (non-hydrogen) atoms. The average Bonchev–Trinajstić information content (AvgIpc) is 2.48. The van der Waals surface area contributed by atoms with Gasteiger partial charge in [0.25, 0.3) is 5.91 Å². The molecule has 5 nitrogen and oxygen atoms in total. The maximum atomic E-state index is 12.3. The van der Waals surface area contributed by atoms with Gasteiger partial charge in [0.2, 0.25) is 0 Å². The molecule has 6 heteroatoms. The summed E-state index contributed by atoms with van der Waals surface area (Å²) in [6, 6.07) is 8.66. The Morgan fingerprint density at radius 2 is 1.80 bits per heavy atom. The van der Waals surface area contributed by atoms with Crippen molar-refractivity contribution in [2.24, 2.45) is 0 Å². The first-order valence-electron chi connectivity index (χ1n) is 5.79. The zero-order chi connectivity index (χ0) is 14.5. The second-order valence-corrected chi connectivity index (χ2v) is 4.67. The van der Waals surface area contributed by atoms with Gasteiger partial charge in [-0.3, -0.25) is 4.79 Å². The number of hydrogen-bond donors (Lipinski definition) is 1. The van der Waals surface area contributed by atoms with E-state index >= 15 is 0 Å². The molecular formula is C14H13BrN2O3. The molecule has 0 radical (unpaired) electrons. The van der Waals surface area contributed by atoms with Crippen molar-refractivity contribution in [3.8, 4) is 11.5 Å². The van der Waals surface area contributed by atoms with Crippen molar-refractivity contribution in [2.75, 3.05) is 19.5 Å². The fourth-order valence-corrected chi connectivity index (χ4v) is 1.95. The summed E-state index contributed by atoms with van der Waals surface area (Å²) < 4.78 is 11.1. The highest BCUT2D eigenvalue weighted by Crippen LogP contribution is 2.29. The summed E-state index contributed by atoms with van der Waals surface area (Å²) in [5, 5.41) is 2.75. The topological polar surface area (TPSA) is 60.5 Å². The smallest absolute Gasteiger partial charge is 0.263 e. The van der Waals surface area contributed by atoms with E-state index in [0.717, 1.165) is 0 Å². The predicted octanol–water partition coefficient (Wildman–Crippen LogP) is 3.11. The Labute approximate surface area is 125 Å². The molecule has 0 fully saturated rings. The highest BCUT2D eigenvalue weighted by Gasteiger charge is 2.18. The average molecular weight is 337 g/mol. The zero-order valence-electron chi connectivity index (χ0n) is 11.0. The number of methoxy groups -OCH3 is 2. The highest BCUT2D eigenvalue weighted by atomic mass is 79.9. The molecule has 1 N–H and O–H groups in total. The lowest BCUT2D eigenvalue weighted by atomic mass is 10.1. The summed E-state index contributed by atoms with van der Waals surface area (Å²) in [5.41, 5.74) is 0.937. The van der Waals surface area contributed by atoms with E-state index in [1.54, 1.807) is 36.5 Å². The van der Waals surface area contributed by atoms with Crippen LogP contribution in [0.1, 0.15) is 10.4 Å². The highest BCUT2D eigenvalue weighted by molar-refractivity contribution is 9.10. The molecular weight excluding hydrogens is 324 g/mol. The third-order valence-corrected chi connectivity index (χ3v) is 3.11. The van der Waals surface area contributed by atoms with Crippen LogP contribution in [0.3, 0.4) is 0 Å². The van der Waals surface area contributed by atoms with Crippen LogP contribution in [0.4, 0.5) is 5.69 Å².